The highest BCUT2D eigenvalue weighted by Crippen LogP contribution is 2.32. The summed E-state index contributed by atoms with van der Waals surface area (Å²) in [5, 5.41) is 2.98. The second-order valence-corrected chi connectivity index (χ2v) is 5.12. The first-order valence-corrected chi connectivity index (χ1v) is 6.88. The van der Waals surface area contributed by atoms with Gasteiger partial charge in [-0.3, -0.25) is 4.79 Å². The van der Waals surface area contributed by atoms with Crippen molar-refractivity contribution in [3.8, 4) is 5.75 Å². The maximum Gasteiger partial charge on any atom is 0.151 e. The van der Waals surface area contributed by atoms with Gasteiger partial charge in [-0.05, 0) is 29.1 Å². The van der Waals surface area contributed by atoms with Crippen LogP contribution >= 0.6 is 11.3 Å². The molecular weight excluding hydrogens is 256 g/mol. The summed E-state index contributed by atoms with van der Waals surface area (Å²) in [7, 11) is 0. The minimum absolute atomic E-state index is 0.534. The van der Waals surface area contributed by atoms with E-state index in [9.17, 15) is 4.79 Å². The van der Waals surface area contributed by atoms with Crippen molar-refractivity contribution in [2.24, 2.45) is 0 Å². The number of thiophene rings is 1. The summed E-state index contributed by atoms with van der Waals surface area (Å²) in [4.78, 5) is 11.0. The number of aldehydes is 1. The third-order valence-corrected chi connectivity index (χ3v) is 3.93. The third kappa shape index (κ3) is 2.37. The summed E-state index contributed by atoms with van der Waals surface area (Å²) >= 11 is 1.56. The molecule has 1 heterocycles. The molecule has 3 heteroatoms. The van der Waals surface area contributed by atoms with E-state index >= 15 is 0 Å². The number of fused-ring (bicyclic) bond motifs is 1. The van der Waals surface area contributed by atoms with Crippen LogP contribution in [0.25, 0.3) is 10.1 Å². The highest BCUT2D eigenvalue weighted by atomic mass is 32.1. The topological polar surface area (TPSA) is 26.3 Å². The van der Waals surface area contributed by atoms with Gasteiger partial charge in [-0.2, -0.15) is 0 Å². The Labute approximate surface area is 115 Å². The molecule has 0 saturated carbocycles. The number of rotatable bonds is 4. The quantitative estimate of drug-likeness (QED) is 0.660. The molecule has 3 rings (SSSR count). The summed E-state index contributed by atoms with van der Waals surface area (Å²) in [5.41, 5.74) is 1.85. The minimum Gasteiger partial charge on any atom is -0.488 e. The zero-order valence-corrected chi connectivity index (χ0v) is 11.0. The predicted octanol–water partition coefficient (Wildman–Crippen LogP) is 4.29. The molecule has 0 bridgehead atoms. The molecule has 0 aliphatic rings. The molecule has 0 aliphatic carbocycles. The van der Waals surface area contributed by atoms with Gasteiger partial charge < -0.3 is 4.74 Å². The zero-order chi connectivity index (χ0) is 13.1. The highest BCUT2D eigenvalue weighted by molar-refractivity contribution is 7.17. The van der Waals surface area contributed by atoms with Crippen molar-refractivity contribution in [1.29, 1.82) is 0 Å². The number of hydrogen-bond donors (Lipinski definition) is 0. The van der Waals surface area contributed by atoms with Gasteiger partial charge in [-0.15, -0.1) is 11.3 Å². The Bertz CT molecular complexity index is 701. The van der Waals surface area contributed by atoms with Crippen molar-refractivity contribution >= 4 is 27.7 Å². The van der Waals surface area contributed by atoms with Crippen LogP contribution in [0.4, 0.5) is 0 Å². The van der Waals surface area contributed by atoms with Crippen LogP contribution in [0, 0.1) is 0 Å². The smallest absolute Gasteiger partial charge is 0.151 e. The van der Waals surface area contributed by atoms with Crippen molar-refractivity contribution in [1.82, 2.24) is 0 Å². The van der Waals surface area contributed by atoms with E-state index in [1.54, 1.807) is 11.3 Å². The molecule has 0 atom stereocenters. The molecule has 1 aromatic heterocycles. The van der Waals surface area contributed by atoms with E-state index in [1.807, 2.05) is 53.9 Å². The molecule has 2 aromatic carbocycles. The zero-order valence-electron chi connectivity index (χ0n) is 10.2. The highest BCUT2D eigenvalue weighted by Gasteiger charge is 2.07. The Morgan fingerprint density at radius 3 is 2.68 bits per heavy atom. The Hall–Kier alpha value is -2.13. The fourth-order valence-electron chi connectivity index (χ4n) is 2.01. The minimum atomic E-state index is 0.534. The van der Waals surface area contributed by atoms with E-state index in [2.05, 4.69) is 0 Å². The normalized spacial score (nSPS) is 10.5. The van der Waals surface area contributed by atoms with E-state index < -0.39 is 0 Å². The predicted molar refractivity (Wildman–Crippen MR) is 78.0 cm³/mol. The summed E-state index contributed by atoms with van der Waals surface area (Å²) in [6.07, 6.45) is 0.889. The summed E-state index contributed by atoms with van der Waals surface area (Å²) in [5.74, 6) is 0.825. The molecule has 2 nitrogen and oxygen atoms in total. The molecule has 3 aromatic rings. The average molecular weight is 268 g/mol. The Balaban J connectivity index is 1.89. The van der Waals surface area contributed by atoms with Crippen molar-refractivity contribution < 1.29 is 9.53 Å². The maximum atomic E-state index is 11.0. The molecule has 0 fully saturated rings. The van der Waals surface area contributed by atoms with Crippen LogP contribution in [0.5, 0.6) is 5.75 Å². The van der Waals surface area contributed by atoms with Crippen LogP contribution in [-0.2, 0) is 6.61 Å². The van der Waals surface area contributed by atoms with Crippen LogP contribution in [-0.4, -0.2) is 6.29 Å². The van der Waals surface area contributed by atoms with Gasteiger partial charge in [0.1, 0.15) is 12.4 Å². The summed E-state index contributed by atoms with van der Waals surface area (Å²) in [6, 6.07) is 15.7. The van der Waals surface area contributed by atoms with Gasteiger partial charge in [0.05, 0.1) is 0 Å². The lowest BCUT2D eigenvalue weighted by molar-refractivity contribution is 0.112. The van der Waals surface area contributed by atoms with Crippen LogP contribution in [0.2, 0.25) is 0 Å². The fraction of sp³-hybridized carbons (Fsp3) is 0.0625. The standard InChI is InChI=1S/C16H12O2S/c17-10-13-6-7-15(14-8-9-19-16(13)14)18-11-12-4-2-1-3-5-12/h1-10H,11H2. The van der Waals surface area contributed by atoms with Crippen LogP contribution in [0.1, 0.15) is 15.9 Å². The van der Waals surface area contributed by atoms with Gasteiger partial charge >= 0.3 is 0 Å². The van der Waals surface area contributed by atoms with Gasteiger partial charge in [0, 0.05) is 15.6 Å². The van der Waals surface area contributed by atoms with E-state index in [1.165, 1.54) is 0 Å². The summed E-state index contributed by atoms with van der Waals surface area (Å²) in [6.45, 7) is 0.534. The molecule has 0 amide bonds. The number of benzene rings is 2. The van der Waals surface area contributed by atoms with Crippen molar-refractivity contribution in [3.05, 3.63) is 65.0 Å². The van der Waals surface area contributed by atoms with E-state index in [0.717, 1.165) is 33.2 Å². The van der Waals surface area contributed by atoms with Gasteiger partial charge in [-0.1, -0.05) is 30.3 Å². The average Bonchev–Trinajstić information content (AvgIpc) is 2.95. The lowest BCUT2D eigenvalue weighted by Gasteiger charge is -2.08. The lowest BCUT2D eigenvalue weighted by atomic mass is 10.1. The molecule has 0 unspecified atom stereocenters. The number of ether oxygens (including phenoxy) is 1. The maximum absolute atomic E-state index is 11.0. The van der Waals surface area contributed by atoms with Crippen molar-refractivity contribution in [2.75, 3.05) is 0 Å². The lowest BCUT2D eigenvalue weighted by Crippen LogP contribution is -1.95. The monoisotopic (exact) mass is 268 g/mol. The van der Waals surface area contributed by atoms with Gasteiger partial charge in [-0.25, -0.2) is 0 Å². The van der Waals surface area contributed by atoms with Crippen molar-refractivity contribution in [2.45, 2.75) is 6.61 Å². The summed E-state index contributed by atoms with van der Waals surface area (Å²) < 4.78 is 6.84. The number of carbonyl (C=O) groups is 1. The van der Waals surface area contributed by atoms with E-state index in [4.69, 9.17) is 4.74 Å². The third-order valence-electron chi connectivity index (χ3n) is 2.97. The largest absolute Gasteiger partial charge is 0.488 e. The Morgan fingerprint density at radius 1 is 1.05 bits per heavy atom. The number of hydrogen-bond acceptors (Lipinski definition) is 3. The SMILES string of the molecule is O=Cc1ccc(OCc2ccccc2)c2ccsc12. The molecular formula is C16H12O2S. The van der Waals surface area contributed by atoms with E-state index in [0.29, 0.717) is 6.61 Å². The van der Waals surface area contributed by atoms with Crippen molar-refractivity contribution in [3.63, 3.8) is 0 Å². The molecule has 94 valence electrons. The van der Waals surface area contributed by atoms with Gasteiger partial charge in [0.15, 0.2) is 6.29 Å². The van der Waals surface area contributed by atoms with E-state index in [-0.39, 0.29) is 0 Å². The molecule has 19 heavy (non-hydrogen) atoms. The fourth-order valence-corrected chi connectivity index (χ4v) is 2.90. The van der Waals surface area contributed by atoms with Crippen LogP contribution in [0.15, 0.2) is 53.9 Å². The van der Waals surface area contributed by atoms with Gasteiger partial charge in [0.2, 0.25) is 0 Å². The van der Waals surface area contributed by atoms with Gasteiger partial charge in [0.25, 0.3) is 0 Å². The molecule has 0 N–H and O–H groups in total. The second kappa shape index (κ2) is 5.24. The molecule has 0 aliphatic heterocycles. The first-order chi connectivity index (χ1) is 9.38. The first kappa shape index (κ1) is 11.9. The molecule has 0 radical (unpaired) electrons. The Morgan fingerprint density at radius 2 is 1.89 bits per heavy atom. The Kier molecular flexibility index (Phi) is 3.29. The molecule has 0 spiro atoms. The first-order valence-electron chi connectivity index (χ1n) is 6.00. The van der Waals surface area contributed by atoms with Crippen LogP contribution < -0.4 is 4.74 Å². The number of carbonyl (C=O) groups excluding carboxylic acids is 1. The molecule has 0 saturated heterocycles. The van der Waals surface area contributed by atoms with Crippen LogP contribution in [0.3, 0.4) is 0 Å². The second-order valence-electron chi connectivity index (χ2n) is 4.21.